The van der Waals surface area contributed by atoms with E-state index >= 15 is 0 Å². The minimum absolute atomic E-state index is 0.0560. The molecule has 3 aromatic carbocycles. The molecule has 0 bridgehead atoms. The van der Waals surface area contributed by atoms with Crippen LogP contribution in [0.15, 0.2) is 91.0 Å². The van der Waals surface area contributed by atoms with E-state index in [4.69, 9.17) is 9.47 Å². The van der Waals surface area contributed by atoms with Crippen LogP contribution < -0.4 is 0 Å². The van der Waals surface area contributed by atoms with Gasteiger partial charge in [0, 0.05) is 17.9 Å². The Hall–Kier alpha value is -3.44. The van der Waals surface area contributed by atoms with Gasteiger partial charge in [0.1, 0.15) is 12.3 Å². The molecule has 0 N–H and O–H groups in total. The number of hydrogen-bond donors (Lipinski definition) is 0. The van der Waals surface area contributed by atoms with Crippen LogP contribution in [0.2, 0.25) is 0 Å². The Labute approximate surface area is 193 Å². The maximum atomic E-state index is 13.2. The van der Waals surface area contributed by atoms with Gasteiger partial charge in [-0.3, -0.25) is 4.90 Å². The molecule has 1 aliphatic carbocycles. The molecule has 1 unspecified atom stereocenters. The Bertz CT molecular complexity index is 1070. The molecule has 1 amide bonds. The summed E-state index contributed by atoms with van der Waals surface area (Å²) in [4.78, 5) is 26.8. The minimum atomic E-state index is -0.401. The van der Waals surface area contributed by atoms with Crippen molar-refractivity contribution in [2.75, 3.05) is 6.61 Å². The Kier molecular flexibility index (Phi) is 6.22. The lowest BCUT2D eigenvalue weighted by atomic mass is 9.69. The monoisotopic (exact) mass is 441 g/mol. The van der Waals surface area contributed by atoms with Crippen molar-refractivity contribution in [3.05, 3.63) is 108 Å². The molecule has 1 aliphatic heterocycles. The van der Waals surface area contributed by atoms with Crippen molar-refractivity contribution in [3.63, 3.8) is 0 Å². The second-order valence-corrected chi connectivity index (χ2v) is 8.75. The summed E-state index contributed by atoms with van der Waals surface area (Å²) in [5.41, 5.74) is 3.07. The molecule has 3 aromatic rings. The molecule has 1 heterocycles. The third kappa shape index (κ3) is 4.29. The van der Waals surface area contributed by atoms with E-state index in [9.17, 15) is 9.59 Å². The zero-order valence-corrected chi connectivity index (χ0v) is 18.3. The van der Waals surface area contributed by atoms with Crippen LogP contribution in [0.4, 0.5) is 4.79 Å². The van der Waals surface area contributed by atoms with Crippen molar-refractivity contribution in [1.29, 1.82) is 0 Å². The highest BCUT2D eigenvalue weighted by Gasteiger charge is 2.54. The van der Waals surface area contributed by atoms with Crippen LogP contribution in [-0.4, -0.2) is 29.9 Å². The van der Waals surface area contributed by atoms with E-state index in [0.29, 0.717) is 19.6 Å². The molecule has 5 nitrogen and oxygen atoms in total. The van der Waals surface area contributed by atoms with Crippen LogP contribution in [0.5, 0.6) is 0 Å². The van der Waals surface area contributed by atoms with Gasteiger partial charge in [-0.25, -0.2) is 4.79 Å². The first-order valence-electron chi connectivity index (χ1n) is 11.4. The number of cyclic esters (lactones) is 1. The molecular weight excluding hydrogens is 414 g/mol. The van der Waals surface area contributed by atoms with Crippen LogP contribution in [0.1, 0.15) is 35.3 Å². The van der Waals surface area contributed by atoms with Gasteiger partial charge in [0.05, 0.1) is 13.2 Å². The van der Waals surface area contributed by atoms with Gasteiger partial charge in [0.15, 0.2) is 6.10 Å². The van der Waals surface area contributed by atoms with Gasteiger partial charge in [-0.05, 0) is 23.1 Å². The number of rotatable bonds is 8. The van der Waals surface area contributed by atoms with Gasteiger partial charge < -0.3 is 14.3 Å². The highest BCUT2D eigenvalue weighted by atomic mass is 16.6. The zero-order chi connectivity index (χ0) is 22.6. The average molecular weight is 442 g/mol. The molecule has 2 aliphatic rings. The second-order valence-electron chi connectivity index (χ2n) is 8.75. The third-order valence-corrected chi connectivity index (χ3v) is 6.81. The summed E-state index contributed by atoms with van der Waals surface area (Å²) in [6.07, 6.45) is 0.895. The maximum absolute atomic E-state index is 13.2. The van der Waals surface area contributed by atoms with Crippen LogP contribution in [-0.2, 0) is 20.9 Å². The Morgan fingerprint density at radius 2 is 1.48 bits per heavy atom. The molecule has 5 heteroatoms. The van der Waals surface area contributed by atoms with Crippen molar-refractivity contribution < 1.29 is 19.1 Å². The third-order valence-electron chi connectivity index (χ3n) is 6.81. The van der Waals surface area contributed by atoms with Gasteiger partial charge in [0.2, 0.25) is 0 Å². The molecule has 5 atom stereocenters. The normalized spacial score (nSPS) is 26.5. The second kappa shape index (κ2) is 9.59. The van der Waals surface area contributed by atoms with Crippen LogP contribution in [0.25, 0.3) is 0 Å². The first-order valence-corrected chi connectivity index (χ1v) is 11.4. The SMILES string of the molecule is O=CC1C[C@@H](N2C(=O)O[C@@H](c3ccccc3)[C@H]2c2ccccc2)[C@@H]1COCc1ccccc1. The number of hydrogen-bond acceptors (Lipinski definition) is 4. The molecule has 0 radical (unpaired) electrons. The van der Waals surface area contributed by atoms with E-state index in [1.165, 1.54) is 0 Å². The number of aldehydes is 1. The van der Waals surface area contributed by atoms with Gasteiger partial charge in [-0.2, -0.15) is 0 Å². The van der Waals surface area contributed by atoms with Crippen molar-refractivity contribution in [2.24, 2.45) is 11.8 Å². The minimum Gasteiger partial charge on any atom is -0.439 e. The quantitative estimate of drug-likeness (QED) is 0.443. The fraction of sp³-hybridized carbons (Fsp3) is 0.286. The number of carbonyl (C=O) groups excluding carboxylic acids is 2. The van der Waals surface area contributed by atoms with E-state index < -0.39 is 6.10 Å². The highest BCUT2D eigenvalue weighted by Crippen LogP contribution is 2.49. The molecule has 0 spiro atoms. The Morgan fingerprint density at radius 3 is 2.12 bits per heavy atom. The highest BCUT2D eigenvalue weighted by molar-refractivity contribution is 5.73. The van der Waals surface area contributed by atoms with Gasteiger partial charge >= 0.3 is 6.09 Å². The fourth-order valence-electron chi connectivity index (χ4n) is 5.03. The molecular formula is C28H27NO4. The van der Waals surface area contributed by atoms with Gasteiger partial charge in [-0.15, -0.1) is 0 Å². The summed E-state index contributed by atoms with van der Waals surface area (Å²) >= 11 is 0. The summed E-state index contributed by atoms with van der Waals surface area (Å²) in [6.45, 7) is 0.902. The largest absolute Gasteiger partial charge is 0.439 e. The van der Waals surface area contributed by atoms with E-state index in [-0.39, 0.29) is 30.0 Å². The van der Waals surface area contributed by atoms with Crippen molar-refractivity contribution in [2.45, 2.75) is 31.2 Å². The summed E-state index contributed by atoms with van der Waals surface area (Å²) in [6, 6.07) is 29.5. The van der Waals surface area contributed by atoms with Crippen molar-refractivity contribution in [1.82, 2.24) is 4.90 Å². The lowest BCUT2D eigenvalue weighted by Crippen LogP contribution is -2.55. The number of amides is 1. The molecule has 0 aromatic heterocycles. The zero-order valence-electron chi connectivity index (χ0n) is 18.3. The summed E-state index contributed by atoms with van der Waals surface area (Å²) in [5.74, 6) is -0.176. The van der Waals surface area contributed by atoms with E-state index in [1.54, 1.807) is 0 Å². The first-order chi connectivity index (χ1) is 16.3. The van der Waals surface area contributed by atoms with Crippen LogP contribution >= 0.6 is 0 Å². The number of nitrogens with zero attached hydrogens (tertiary/aromatic N) is 1. The van der Waals surface area contributed by atoms with E-state index in [2.05, 4.69) is 0 Å². The summed E-state index contributed by atoms with van der Waals surface area (Å²) in [7, 11) is 0. The summed E-state index contributed by atoms with van der Waals surface area (Å²) < 4.78 is 11.9. The molecule has 1 saturated heterocycles. The number of ether oxygens (including phenoxy) is 2. The standard InChI is InChI=1S/C28H27NO4/c30-17-23-16-25(24(23)19-32-18-20-10-4-1-5-11-20)29-26(21-12-6-2-7-13-21)27(33-28(29)31)22-14-8-3-9-15-22/h1-15,17,23-27H,16,18-19H2/t23?,24-,25-,26-,27+/m1/s1. The van der Waals surface area contributed by atoms with Gasteiger partial charge in [0.25, 0.3) is 0 Å². The first kappa shape index (κ1) is 21.4. The van der Waals surface area contributed by atoms with Crippen molar-refractivity contribution in [3.8, 4) is 0 Å². The topological polar surface area (TPSA) is 55.8 Å². The van der Waals surface area contributed by atoms with Crippen LogP contribution in [0, 0.1) is 11.8 Å². The van der Waals surface area contributed by atoms with Crippen LogP contribution in [0.3, 0.4) is 0 Å². The molecule has 1 saturated carbocycles. The maximum Gasteiger partial charge on any atom is 0.411 e. The lowest BCUT2D eigenvalue weighted by Gasteiger charge is -2.47. The summed E-state index contributed by atoms with van der Waals surface area (Å²) in [5, 5.41) is 0. The predicted octanol–water partition coefficient (Wildman–Crippen LogP) is 5.34. The number of benzene rings is 3. The van der Waals surface area contributed by atoms with E-state index in [0.717, 1.165) is 23.0 Å². The Morgan fingerprint density at radius 1 is 0.879 bits per heavy atom. The Balaban J connectivity index is 1.39. The molecule has 5 rings (SSSR count). The molecule has 33 heavy (non-hydrogen) atoms. The number of carbonyl (C=O) groups is 2. The van der Waals surface area contributed by atoms with Crippen molar-refractivity contribution >= 4 is 12.4 Å². The fourth-order valence-corrected chi connectivity index (χ4v) is 5.03. The average Bonchev–Trinajstić information content (AvgIpc) is 3.20. The molecule has 168 valence electrons. The predicted molar refractivity (Wildman–Crippen MR) is 124 cm³/mol. The van der Waals surface area contributed by atoms with E-state index in [1.807, 2.05) is 95.9 Å². The smallest absolute Gasteiger partial charge is 0.411 e. The lowest BCUT2D eigenvalue weighted by molar-refractivity contribution is -0.123. The molecule has 2 fully saturated rings. The van der Waals surface area contributed by atoms with Gasteiger partial charge in [-0.1, -0.05) is 91.0 Å².